The molecule has 0 radical (unpaired) electrons. The Morgan fingerprint density at radius 2 is 1.62 bits per heavy atom. The van der Waals surface area contributed by atoms with Crippen molar-refractivity contribution in [3.05, 3.63) is 66.4 Å². The number of nitrogens with zero attached hydrogens (tertiary/aromatic N) is 1. The molecule has 0 aliphatic heterocycles. The van der Waals surface area contributed by atoms with Crippen molar-refractivity contribution in [1.29, 1.82) is 5.26 Å². The van der Waals surface area contributed by atoms with Crippen molar-refractivity contribution < 1.29 is 14.7 Å². The van der Waals surface area contributed by atoms with Gasteiger partial charge < -0.3 is 21.1 Å². The summed E-state index contributed by atoms with van der Waals surface area (Å²) in [6, 6.07) is 17.6. The second-order valence-corrected chi connectivity index (χ2v) is 5.42. The highest BCUT2D eigenvalue weighted by molar-refractivity contribution is 5.99. The normalized spacial score (nSPS) is 11.8. The van der Waals surface area contributed by atoms with Crippen molar-refractivity contribution in [2.45, 2.75) is 13.0 Å². The van der Waals surface area contributed by atoms with Crippen molar-refractivity contribution >= 4 is 28.9 Å². The summed E-state index contributed by atoms with van der Waals surface area (Å²) < 4.78 is 0. The van der Waals surface area contributed by atoms with Crippen LogP contribution in [0.5, 0.6) is 0 Å². The third kappa shape index (κ3) is 5.39. The highest BCUT2D eigenvalue weighted by atomic mass is 16.4. The van der Waals surface area contributed by atoms with Gasteiger partial charge in [0.15, 0.2) is 0 Å². The summed E-state index contributed by atoms with van der Waals surface area (Å²) in [6.07, 6.45) is 1.24. The maximum absolute atomic E-state index is 11.9. The van der Waals surface area contributed by atoms with Crippen LogP contribution in [-0.4, -0.2) is 23.0 Å². The van der Waals surface area contributed by atoms with Gasteiger partial charge in [0, 0.05) is 23.3 Å². The first-order chi connectivity index (χ1) is 12.5. The molecule has 0 aliphatic rings. The minimum atomic E-state index is -1.18. The molecule has 1 unspecified atom stereocenters. The smallest absolute Gasteiger partial charge is 0.325 e. The van der Waals surface area contributed by atoms with Gasteiger partial charge in [-0.1, -0.05) is 18.2 Å². The number of carbonyl (C=O) groups is 2. The number of aliphatic carboxylic acids is 1. The van der Waals surface area contributed by atoms with E-state index < -0.39 is 17.9 Å². The molecular weight excluding hydrogens is 332 g/mol. The molecule has 0 aromatic heterocycles. The fraction of sp³-hybridized carbons (Fsp3) is 0.105. The second-order valence-electron chi connectivity index (χ2n) is 5.42. The molecule has 0 aliphatic carbocycles. The van der Waals surface area contributed by atoms with E-state index in [4.69, 9.17) is 10.4 Å². The Morgan fingerprint density at radius 3 is 2.19 bits per heavy atom. The molecule has 0 saturated heterocycles. The molecule has 2 rings (SSSR count). The van der Waals surface area contributed by atoms with Crippen LogP contribution >= 0.6 is 0 Å². The van der Waals surface area contributed by atoms with Gasteiger partial charge in [-0.25, -0.2) is 0 Å². The van der Waals surface area contributed by atoms with Crippen LogP contribution in [0.25, 0.3) is 0 Å². The van der Waals surface area contributed by atoms with E-state index in [9.17, 15) is 9.59 Å². The number of nitrogens with one attached hydrogen (secondary N) is 3. The number of hydrogen-bond donors (Lipinski definition) is 4. The van der Waals surface area contributed by atoms with E-state index in [-0.39, 0.29) is 5.57 Å². The predicted octanol–water partition coefficient (Wildman–Crippen LogP) is 2.84. The first-order valence-electron chi connectivity index (χ1n) is 7.82. The Hall–Kier alpha value is -3.79. The summed E-state index contributed by atoms with van der Waals surface area (Å²) in [5, 5.41) is 26.2. The number of amides is 1. The van der Waals surface area contributed by atoms with E-state index in [2.05, 4.69) is 16.0 Å². The monoisotopic (exact) mass is 350 g/mol. The minimum absolute atomic E-state index is 0.218. The van der Waals surface area contributed by atoms with Gasteiger partial charge in [-0.3, -0.25) is 9.59 Å². The van der Waals surface area contributed by atoms with E-state index in [0.717, 1.165) is 11.4 Å². The number of para-hydroxylation sites is 1. The van der Waals surface area contributed by atoms with Gasteiger partial charge in [0.25, 0.3) is 5.91 Å². The highest BCUT2D eigenvalue weighted by Crippen LogP contribution is 2.18. The van der Waals surface area contributed by atoms with Gasteiger partial charge in [-0.15, -0.1) is 0 Å². The lowest BCUT2D eigenvalue weighted by molar-refractivity contribution is -0.140. The largest absolute Gasteiger partial charge is 0.480 e. The average Bonchev–Trinajstić information content (AvgIpc) is 2.64. The van der Waals surface area contributed by atoms with E-state index in [1.807, 2.05) is 42.5 Å². The maximum atomic E-state index is 11.9. The zero-order chi connectivity index (χ0) is 18.9. The van der Waals surface area contributed by atoms with Crippen molar-refractivity contribution in [2.24, 2.45) is 0 Å². The summed E-state index contributed by atoms with van der Waals surface area (Å²) >= 11 is 0. The molecule has 0 spiro atoms. The first-order valence-corrected chi connectivity index (χ1v) is 7.82. The molecule has 7 nitrogen and oxygen atoms in total. The van der Waals surface area contributed by atoms with E-state index in [1.54, 1.807) is 18.2 Å². The molecule has 0 bridgehead atoms. The molecule has 1 atom stereocenters. The average molecular weight is 350 g/mol. The van der Waals surface area contributed by atoms with Crippen LogP contribution in [0.2, 0.25) is 0 Å². The lowest BCUT2D eigenvalue weighted by Crippen LogP contribution is -2.39. The van der Waals surface area contributed by atoms with Crippen LogP contribution in [0.3, 0.4) is 0 Å². The third-order valence-electron chi connectivity index (χ3n) is 3.41. The Morgan fingerprint density at radius 1 is 1.04 bits per heavy atom. The van der Waals surface area contributed by atoms with Crippen molar-refractivity contribution in [2.75, 3.05) is 10.6 Å². The molecule has 0 heterocycles. The van der Waals surface area contributed by atoms with E-state index >= 15 is 0 Å². The van der Waals surface area contributed by atoms with E-state index in [1.165, 1.54) is 13.1 Å². The molecule has 1 amide bonds. The van der Waals surface area contributed by atoms with E-state index in [0.29, 0.717) is 5.69 Å². The standard InChI is InChI=1S/C19H18N4O3/c1-13(19(25)26)22-18(24)14(11-20)12-21-15-7-9-17(10-8-15)23-16-5-3-2-4-6-16/h2-10,12-13,21,23H,1H3,(H,22,24)(H,25,26)/b14-12-. The summed E-state index contributed by atoms with van der Waals surface area (Å²) in [6.45, 7) is 1.32. The number of carbonyl (C=O) groups excluding carboxylic acids is 1. The summed E-state index contributed by atoms with van der Waals surface area (Å²) in [7, 11) is 0. The lowest BCUT2D eigenvalue weighted by Gasteiger charge is -2.09. The fourth-order valence-corrected chi connectivity index (χ4v) is 1.98. The number of rotatable bonds is 7. The number of anilines is 3. The Labute approximate surface area is 151 Å². The Bertz CT molecular complexity index is 839. The molecular formula is C19H18N4O3. The lowest BCUT2D eigenvalue weighted by atomic mass is 10.2. The Kier molecular flexibility index (Phi) is 6.34. The van der Waals surface area contributed by atoms with Crippen molar-refractivity contribution in [3.63, 3.8) is 0 Å². The van der Waals surface area contributed by atoms with Crippen LogP contribution in [0.1, 0.15) is 6.92 Å². The van der Waals surface area contributed by atoms with Gasteiger partial charge in [0.05, 0.1) is 0 Å². The number of nitriles is 1. The van der Waals surface area contributed by atoms with Gasteiger partial charge in [0.2, 0.25) is 0 Å². The van der Waals surface area contributed by atoms with Gasteiger partial charge in [-0.05, 0) is 43.3 Å². The molecule has 4 N–H and O–H groups in total. The number of benzene rings is 2. The summed E-state index contributed by atoms with van der Waals surface area (Å²) in [5.41, 5.74) is 2.31. The molecule has 0 saturated carbocycles. The topological polar surface area (TPSA) is 114 Å². The SMILES string of the molecule is CC(NC(=O)/C(C#N)=C\Nc1ccc(Nc2ccccc2)cc1)C(=O)O. The van der Waals surface area contributed by atoms with Crippen LogP contribution in [0.4, 0.5) is 17.1 Å². The zero-order valence-electron chi connectivity index (χ0n) is 14.1. The molecule has 2 aromatic rings. The molecule has 132 valence electrons. The Balaban J connectivity index is 1.98. The first kappa shape index (κ1) is 18.5. The molecule has 26 heavy (non-hydrogen) atoms. The van der Waals surface area contributed by atoms with Crippen LogP contribution in [0, 0.1) is 11.3 Å². The highest BCUT2D eigenvalue weighted by Gasteiger charge is 2.16. The summed E-state index contributed by atoms with van der Waals surface area (Å²) in [4.78, 5) is 22.6. The molecule has 7 heteroatoms. The van der Waals surface area contributed by atoms with Gasteiger partial charge in [-0.2, -0.15) is 5.26 Å². The molecule has 2 aromatic carbocycles. The number of carboxylic acid groups (broad SMARTS) is 1. The van der Waals surface area contributed by atoms with Crippen LogP contribution in [0.15, 0.2) is 66.4 Å². The molecule has 0 fully saturated rings. The van der Waals surface area contributed by atoms with Gasteiger partial charge in [0.1, 0.15) is 17.7 Å². The predicted molar refractivity (Wildman–Crippen MR) is 98.7 cm³/mol. The van der Waals surface area contributed by atoms with Crippen molar-refractivity contribution in [3.8, 4) is 6.07 Å². The summed E-state index contributed by atoms with van der Waals surface area (Å²) in [5.74, 6) is -1.93. The van der Waals surface area contributed by atoms with Crippen molar-refractivity contribution in [1.82, 2.24) is 5.32 Å². The van der Waals surface area contributed by atoms with Crippen LogP contribution in [-0.2, 0) is 9.59 Å². The maximum Gasteiger partial charge on any atom is 0.325 e. The fourth-order valence-electron chi connectivity index (χ4n) is 1.98. The minimum Gasteiger partial charge on any atom is -0.480 e. The van der Waals surface area contributed by atoms with Crippen LogP contribution < -0.4 is 16.0 Å². The zero-order valence-corrected chi connectivity index (χ0v) is 14.1. The number of carboxylic acids is 1. The van der Waals surface area contributed by atoms with Gasteiger partial charge >= 0.3 is 5.97 Å². The quantitative estimate of drug-likeness (QED) is 0.451. The number of hydrogen-bond acceptors (Lipinski definition) is 5. The second kappa shape index (κ2) is 8.89. The third-order valence-corrected chi connectivity index (χ3v) is 3.41.